The van der Waals surface area contributed by atoms with Gasteiger partial charge in [0.2, 0.25) is 10.0 Å². The molecule has 0 bridgehead atoms. The Morgan fingerprint density at radius 1 is 1.22 bits per heavy atom. The van der Waals surface area contributed by atoms with E-state index >= 15 is 0 Å². The van der Waals surface area contributed by atoms with Crippen LogP contribution in [-0.4, -0.2) is 38.4 Å². The highest BCUT2D eigenvalue weighted by Crippen LogP contribution is 2.29. The van der Waals surface area contributed by atoms with Crippen molar-refractivity contribution < 1.29 is 17.6 Å². The van der Waals surface area contributed by atoms with Crippen molar-refractivity contribution in [3.05, 3.63) is 82.5 Å². The van der Waals surface area contributed by atoms with Crippen molar-refractivity contribution in [1.29, 1.82) is 0 Å². The third kappa shape index (κ3) is 4.55. The molecule has 142 valence electrons. The summed E-state index contributed by atoms with van der Waals surface area (Å²) in [7, 11) is -3.68. The number of hydrogen-bond donors (Lipinski definition) is 1. The van der Waals surface area contributed by atoms with E-state index in [1.807, 2.05) is 30.3 Å². The molecular weight excluding hydrogens is 391 g/mol. The average Bonchev–Trinajstić information content (AvgIpc) is 3.04. The maximum atomic E-state index is 13.6. The summed E-state index contributed by atoms with van der Waals surface area (Å²) in [6.07, 6.45) is 0. The van der Waals surface area contributed by atoms with Gasteiger partial charge < -0.3 is 4.90 Å². The molecule has 1 amide bonds. The van der Waals surface area contributed by atoms with E-state index in [1.165, 1.54) is 11.0 Å². The fourth-order valence-corrected chi connectivity index (χ4v) is 4.22. The first kappa shape index (κ1) is 19.5. The lowest BCUT2D eigenvalue weighted by Crippen LogP contribution is -2.39. The highest BCUT2D eigenvalue weighted by Gasteiger charge is 2.38. The molecule has 1 aliphatic heterocycles. The van der Waals surface area contributed by atoms with Gasteiger partial charge in [-0.3, -0.25) is 4.79 Å². The molecule has 0 aromatic heterocycles. The summed E-state index contributed by atoms with van der Waals surface area (Å²) in [4.78, 5) is 14.3. The van der Waals surface area contributed by atoms with Crippen molar-refractivity contribution in [2.75, 3.05) is 13.1 Å². The van der Waals surface area contributed by atoms with Crippen molar-refractivity contribution in [3.63, 3.8) is 0 Å². The van der Waals surface area contributed by atoms with Crippen LogP contribution in [0.25, 0.3) is 0 Å². The lowest BCUT2D eigenvalue weighted by molar-refractivity contribution is 0.0788. The van der Waals surface area contributed by atoms with Crippen molar-refractivity contribution in [2.45, 2.75) is 12.0 Å². The van der Waals surface area contributed by atoms with Crippen LogP contribution in [0.4, 0.5) is 4.39 Å². The van der Waals surface area contributed by atoms with Gasteiger partial charge in [0.15, 0.2) is 0 Å². The van der Waals surface area contributed by atoms with Gasteiger partial charge in [-0.1, -0.05) is 48.5 Å². The Labute approximate surface area is 162 Å². The second-order valence-electron chi connectivity index (χ2n) is 6.32. The van der Waals surface area contributed by atoms with Crippen LogP contribution in [0, 0.1) is 5.82 Å². The maximum Gasteiger partial charge on any atom is 0.254 e. The van der Waals surface area contributed by atoms with E-state index in [4.69, 9.17) is 11.6 Å². The monoisotopic (exact) mass is 408 g/mol. The van der Waals surface area contributed by atoms with Crippen LogP contribution < -0.4 is 4.72 Å². The molecule has 0 saturated carbocycles. The summed E-state index contributed by atoms with van der Waals surface area (Å²) in [6.45, 7) is 3.75. The van der Waals surface area contributed by atoms with Gasteiger partial charge in [0.1, 0.15) is 5.82 Å². The highest BCUT2D eigenvalue weighted by atomic mass is 35.5. The Morgan fingerprint density at radius 3 is 2.56 bits per heavy atom. The standard InChI is InChI=1S/C19H18ClFN2O3S/c1-2-27(25,26)22-18-12-23(11-17(18)13-6-4-3-5-7-13)19(24)14-8-15(20)10-16(21)9-14/h2-10,17-18,22H,1,11-12H2/t17-,18+/m0/s1. The summed E-state index contributed by atoms with van der Waals surface area (Å²) < 4.78 is 40.1. The van der Waals surface area contributed by atoms with E-state index in [0.29, 0.717) is 6.54 Å². The fourth-order valence-electron chi connectivity index (χ4n) is 3.25. The van der Waals surface area contributed by atoms with Crippen LogP contribution in [0.2, 0.25) is 5.02 Å². The molecular formula is C19H18ClFN2O3S. The zero-order chi connectivity index (χ0) is 19.6. The maximum absolute atomic E-state index is 13.6. The Hall–Kier alpha value is -2.22. The highest BCUT2D eigenvalue weighted by molar-refractivity contribution is 7.92. The summed E-state index contributed by atoms with van der Waals surface area (Å²) >= 11 is 5.85. The molecule has 2 atom stereocenters. The van der Waals surface area contributed by atoms with E-state index in [0.717, 1.165) is 23.1 Å². The predicted molar refractivity (Wildman–Crippen MR) is 103 cm³/mol. The molecule has 0 radical (unpaired) electrons. The first-order chi connectivity index (χ1) is 12.8. The smallest absolute Gasteiger partial charge is 0.254 e. The van der Waals surface area contributed by atoms with E-state index in [2.05, 4.69) is 11.3 Å². The van der Waals surface area contributed by atoms with Crippen LogP contribution in [0.5, 0.6) is 0 Å². The van der Waals surface area contributed by atoms with Crippen LogP contribution in [-0.2, 0) is 10.0 Å². The molecule has 8 heteroatoms. The molecule has 0 spiro atoms. The Bertz CT molecular complexity index is 946. The molecule has 2 aromatic rings. The number of benzene rings is 2. The van der Waals surface area contributed by atoms with Gasteiger partial charge in [-0.05, 0) is 23.8 Å². The SMILES string of the molecule is C=CS(=O)(=O)N[C@@H]1CN(C(=O)c2cc(F)cc(Cl)c2)C[C@H]1c1ccccc1. The van der Waals surface area contributed by atoms with Gasteiger partial charge >= 0.3 is 0 Å². The summed E-state index contributed by atoms with van der Waals surface area (Å²) in [6, 6.07) is 12.4. The molecule has 1 N–H and O–H groups in total. The van der Waals surface area contributed by atoms with Crippen LogP contribution in [0.1, 0.15) is 21.8 Å². The minimum Gasteiger partial charge on any atom is -0.336 e. The number of sulfonamides is 1. The molecule has 5 nitrogen and oxygen atoms in total. The van der Waals surface area contributed by atoms with Gasteiger partial charge in [-0.15, -0.1) is 0 Å². The Balaban J connectivity index is 1.90. The topological polar surface area (TPSA) is 66.5 Å². The van der Waals surface area contributed by atoms with E-state index < -0.39 is 27.8 Å². The van der Waals surface area contributed by atoms with E-state index in [9.17, 15) is 17.6 Å². The van der Waals surface area contributed by atoms with Gasteiger partial charge in [0.05, 0.1) is 0 Å². The quantitative estimate of drug-likeness (QED) is 0.826. The molecule has 3 rings (SSSR count). The molecule has 27 heavy (non-hydrogen) atoms. The zero-order valence-corrected chi connectivity index (χ0v) is 15.9. The third-order valence-electron chi connectivity index (χ3n) is 4.48. The molecule has 2 aromatic carbocycles. The van der Waals surface area contributed by atoms with Gasteiger partial charge in [0.25, 0.3) is 5.91 Å². The van der Waals surface area contributed by atoms with Crippen LogP contribution in [0.3, 0.4) is 0 Å². The zero-order valence-electron chi connectivity index (χ0n) is 14.3. The van der Waals surface area contributed by atoms with E-state index in [1.54, 1.807) is 0 Å². The normalized spacial score (nSPS) is 19.9. The molecule has 0 aliphatic carbocycles. The number of nitrogens with zero attached hydrogens (tertiary/aromatic N) is 1. The summed E-state index contributed by atoms with van der Waals surface area (Å²) in [5.41, 5.74) is 1.03. The predicted octanol–water partition coefficient (Wildman–Crippen LogP) is 3.15. The minimum atomic E-state index is -3.68. The van der Waals surface area contributed by atoms with Crippen molar-refractivity contribution in [3.8, 4) is 0 Å². The number of hydrogen-bond acceptors (Lipinski definition) is 3. The van der Waals surface area contributed by atoms with Gasteiger partial charge in [-0.25, -0.2) is 17.5 Å². The molecule has 1 aliphatic rings. The van der Waals surface area contributed by atoms with Gasteiger partial charge in [-0.2, -0.15) is 0 Å². The van der Waals surface area contributed by atoms with Crippen molar-refractivity contribution >= 4 is 27.5 Å². The first-order valence-electron chi connectivity index (χ1n) is 8.24. The van der Waals surface area contributed by atoms with Gasteiger partial charge in [0, 0.05) is 41.0 Å². The summed E-state index contributed by atoms with van der Waals surface area (Å²) in [5, 5.41) is 0.965. The number of halogens is 2. The minimum absolute atomic E-state index is 0.124. The lowest BCUT2D eigenvalue weighted by atomic mass is 9.95. The van der Waals surface area contributed by atoms with E-state index in [-0.39, 0.29) is 23.0 Å². The Kier molecular flexibility index (Phi) is 5.64. The molecule has 1 fully saturated rings. The number of nitrogens with one attached hydrogen (secondary N) is 1. The molecule has 0 unspecified atom stereocenters. The van der Waals surface area contributed by atoms with Crippen LogP contribution in [0.15, 0.2) is 60.5 Å². The molecule has 1 saturated heterocycles. The number of rotatable bonds is 5. The first-order valence-corrected chi connectivity index (χ1v) is 10.2. The number of carbonyl (C=O) groups excluding carboxylic acids is 1. The average molecular weight is 409 g/mol. The Morgan fingerprint density at radius 2 is 1.93 bits per heavy atom. The fraction of sp³-hybridized carbons (Fsp3) is 0.211. The van der Waals surface area contributed by atoms with Crippen molar-refractivity contribution in [1.82, 2.24) is 9.62 Å². The molecule has 1 heterocycles. The lowest BCUT2D eigenvalue weighted by Gasteiger charge is -2.18. The number of likely N-dealkylation sites (tertiary alicyclic amines) is 1. The number of amides is 1. The third-order valence-corrected chi connectivity index (χ3v) is 5.77. The second-order valence-corrected chi connectivity index (χ2v) is 8.42. The second kappa shape index (κ2) is 7.80. The van der Waals surface area contributed by atoms with Crippen molar-refractivity contribution in [2.24, 2.45) is 0 Å². The number of carbonyl (C=O) groups is 1. The van der Waals surface area contributed by atoms with Crippen LogP contribution >= 0.6 is 11.6 Å². The summed E-state index contributed by atoms with van der Waals surface area (Å²) in [5.74, 6) is -1.25. The largest absolute Gasteiger partial charge is 0.336 e.